The monoisotopic (exact) mass is 484 g/mol. The van der Waals surface area contributed by atoms with Crippen LogP contribution < -0.4 is 0 Å². The zero-order chi connectivity index (χ0) is 26.7. The molecule has 36 heavy (non-hydrogen) atoms. The van der Waals surface area contributed by atoms with Crippen LogP contribution in [-0.4, -0.2) is 23.1 Å². The summed E-state index contributed by atoms with van der Waals surface area (Å²) in [6.07, 6.45) is 0.499. The zero-order valence-corrected chi connectivity index (χ0v) is 22.3. The summed E-state index contributed by atoms with van der Waals surface area (Å²) in [5, 5.41) is 0. The van der Waals surface area contributed by atoms with Gasteiger partial charge >= 0.3 is 5.97 Å². The van der Waals surface area contributed by atoms with Gasteiger partial charge in [0.25, 0.3) is 0 Å². The van der Waals surface area contributed by atoms with Crippen LogP contribution in [0.5, 0.6) is 0 Å². The molecule has 4 heteroatoms. The molecule has 0 aliphatic heterocycles. The highest BCUT2D eigenvalue weighted by molar-refractivity contribution is 6.07. The van der Waals surface area contributed by atoms with Gasteiger partial charge in [-0.05, 0) is 50.5 Å². The Labute approximate surface area is 214 Å². The SMILES string of the molecule is CCC(C(=O)c1ccccc1)(c1ccc(C(=O)OC(C)(C)C)cc1)c1ccc(C(=O)C(C)(C)C)cc1. The van der Waals surface area contributed by atoms with Crippen molar-refractivity contribution in [2.75, 3.05) is 0 Å². The molecule has 0 heterocycles. The lowest BCUT2D eigenvalue weighted by Crippen LogP contribution is -2.37. The van der Waals surface area contributed by atoms with Crippen molar-refractivity contribution in [3.63, 3.8) is 0 Å². The van der Waals surface area contributed by atoms with E-state index >= 15 is 0 Å². The van der Waals surface area contributed by atoms with Gasteiger partial charge in [-0.15, -0.1) is 0 Å². The van der Waals surface area contributed by atoms with Crippen molar-refractivity contribution >= 4 is 17.5 Å². The van der Waals surface area contributed by atoms with E-state index in [0.29, 0.717) is 23.1 Å². The third-order valence-electron chi connectivity index (χ3n) is 6.29. The smallest absolute Gasteiger partial charge is 0.338 e. The third-order valence-corrected chi connectivity index (χ3v) is 6.29. The van der Waals surface area contributed by atoms with E-state index in [4.69, 9.17) is 4.74 Å². The van der Waals surface area contributed by atoms with E-state index < -0.39 is 22.4 Å². The van der Waals surface area contributed by atoms with Crippen LogP contribution in [0, 0.1) is 5.41 Å². The normalized spacial score (nSPS) is 13.5. The minimum Gasteiger partial charge on any atom is -0.456 e. The molecule has 0 spiro atoms. The summed E-state index contributed by atoms with van der Waals surface area (Å²) in [5.41, 5.74) is 1.14. The number of carbonyl (C=O) groups excluding carboxylic acids is 3. The zero-order valence-electron chi connectivity index (χ0n) is 22.3. The highest BCUT2D eigenvalue weighted by atomic mass is 16.6. The van der Waals surface area contributed by atoms with Crippen molar-refractivity contribution in [1.82, 2.24) is 0 Å². The summed E-state index contributed by atoms with van der Waals surface area (Å²) < 4.78 is 5.50. The number of esters is 1. The Morgan fingerprint density at radius 2 is 1.06 bits per heavy atom. The van der Waals surface area contributed by atoms with Gasteiger partial charge in [-0.2, -0.15) is 0 Å². The van der Waals surface area contributed by atoms with E-state index in [1.54, 1.807) is 24.3 Å². The molecule has 0 saturated heterocycles. The van der Waals surface area contributed by atoms with Crippen LogP contribution in [-0.2, 0) is 10.2 Å². The van der Waals surface area contributed by atoms with Gasteiger partial charge < -0.3 is 4.74 Å². The highest BCUT2D eigenvalue weighted by Gasteiger charge is 2.41. The molecule has 1 unspecified atom stereocenters. The maximum Gasteiger partial charge on any atom is 0.338 e. The van der Waals surface area contributed by atoms with Gasteiger partial charge in [-0.25, -0.2) is 4.79 Å². The maximum absolute atomic E-state index is 14.1. The van der Waals surface area contributed by atoms with Gasteiger partial charge in [0.1, 0.15) is 5.60 Å². The molecule has 0 aliphatic carbocycles. The average Bonchev–Trinajstić information content (AvgIpc) is 2.84. The number of carbonyl (C=O) groups is 3. The molecule has 0 aromatic heterocycles. The van der Waals surface area contributed by atoms with Crippen LogP contribution >= 0.6 is 0 Å². The van der Waals surface area contributed by atoms with Crippen molar-refractivity contribution in [1.29, 1.82) is 0 Å². The molecule has 0 radical (unpaired) electrons. The molecule has 0 bridgehead atoms. The second-order valence-electron chi connectivity index (χ2n) is 11.2. The molecule has 1 atom stereocenters. The van der Waals surface area contributed by atoms with Crippen molar-refractivity contribution in [3.05, 3.63) is 107 Å². The Balaban J connectivity index is 2.13. The summed E-state index contributed by atoms with van der Waals surface area (Å²) in [6, 6.07) is 23.7. The molecule has 3 rings (SSSR count). The third kappa shape index (κ3) is 5.64. The van der Waals surface area contributed by atoms with E-state index in [-0.39, 0.29) is 11.6 Å². The van der Waals surface area contributed by atoms with Crippen molar-refractivity contribution < 1.29 is 19.1 Å². The van der Waals surface area contributed by atoms with Crippen LogP contribution in [0.25, 0.3) is 0 Å². The van der Waals surface area contributed by atoms with Crippen LogP contribution in [0.1, 0.15) is 97.1 Å². The number of benzene rings is 3. The predicted molar refractivity (Wildman–Crippen MR) is 144 cm³/mol. The van der Waals surface area contributed by atoms with Crippen LogP contribution in [0.4, 0.5) is 0 Å². The summed E-state index contributed by atoms with van der Waals surface area (Å²) in [6.45, 7) is 13.1. The molecule has 0 amide bonds. The van der Waals surface area contributed by atoms with Gasteiger partial charge in [-0.1, -0.05) is 94.4 Å². The van der Waals surface area contributed by atoms with Crippen molar-refractivity contribution in [2.45, 2.75) is 65.9 Å². The van der Waals surface area contributed by atoms with Gasteiger partial charge in [-0.3, -0.25) is 9.59 Å². The standard InChI is InChI=1S/C32H36O4/c1-8-32(28(34)22-12-10-9-11-13-22,25-18-14-23(15-19-25)27(33)30(2,3)4)26-20-16-24(17-21-26)29(35)36-31(5,6)7/h9-21H,8H2,1-7H3. The molecule has 188 valence electrons. The summed E-state index contributed by atoms with van der Waals surface area (Å²) in [5.74, 6) is -0.395. The average molecular weight is 485 g/mol. The van der Waals surface area contributed by atoms with E-state index in [9.17, 15) is 14.4 Å². The fraction of sp³-hybridized carbons (Fsp3) is 0.344. The van der Waals surface area contributed by atoms with E-state index in [0.717, 1.165) is 11.1 Å². The van der Waals surface area contributed by atoms with Crippen LogP contribution in [0.3, 0.4) is 0 Å². The first-order valence-corrected chi connectivity index (χ1v) is 12.4. The molecule has 0 saturated carbocycles. The lowest BCUT2D eigenvalue weighted by Gasteiger charge is -2.33. The number of ether oxygens (including phenoxy) is 1. The summed E-state index contributed by atoms with van der Waals surface area (Å²) in [7, 11) is 0. The van der Waals surface area contributed by atoms with Gasteiger partial charge in [0.2, 0.25) is 0 Å². The lowest BCUT2D eigenvalue weighted by molar-refractivity contribution is 0.00693. The Kier molecular flexibility index (Phi) is 7.68. The topological polar surface area (TPSA) is 60.4 Å². The van der Waals surface area contributed by atoms with E-state index in [1.165, 1.54) is 0 Å². The van der Waals surface area contributed by atoms with Gasteiger partial charge in [0, 0.05) is 16.5 Å². The van der Waals surface area contributed by atoms with Gasteiger partial charge in [0.05, 0.1) is 11.0 Å². The minimum atomic E-state index is -0.989. The molecule has 3 aromatic rings. The summed E-state index contributed by atoms with van der Waals surface area (Å²) in [4.78, 5) is 39.5. The number of ketones is 2. The van der Waals surface area contributed by atoms with Gasteiger partial charge in [0.15, 0.2) is 11.6 Å². The van der Waals surface area contributed by atoms with Crippen LogP contribution in [0.15, 0.2) is 78.9 Å². The van der Waals surface area contributed by atoms with Crippen molar-refractivity contribution in [2.24, 2.45) is 5.41 Å². The quantitative estimate of drug-likeness (QED) is 0.258. The fourth-order valence-electron chi connectivity index (χ4n) is 4.40. The second-order valence-corrected chi connectivity index (χ2v) is 11.2. The number of hydrogen-bond acceptors (Lipinski definition) is 4. The largest absolute Gasteiger partial charge is 0.456 e. The van der Waals surface area contributed by atoms with E-state index in [2.05, 4.69) is 0 Å². The van der Waals surface area contributed by atoms with Crippen LogP contribution in [0.2, 0.25) is 0 Å². The first kappa shape index (κ1) is 27.1. The fourth-order valence-corrected chi connectivity index (χ4v) is 4.40. The second kappa shape index (κ2) is 10.2. The Morgan fingerprint density at radius 1 is 0.611 bits per heavy atom. The van der Waals surface area contributed by atoms with Crippen molar-refractivity contribution in [3.8, 4) is 0 Å². The molecule has 0 N–H and O–H groups in total. The first-order valence-electron chi connectivity index (χ1n) is 12.4. The van der Waals surface area contributed by atoms with E-state index in [1.807, 2.05) is 103 Å². The first-order chi connectivity index (χ1) is 16.8. The molecular weight excluding hydrogens is 448 g/mol. The summed E-state index contributed by atoms with van der Waals surface area (Å²) >= 11 is 0. The number of hydrogen-bond donors (Lipinski definition) is 0. The highest BCUT2D eigenvalue weighted by Crippen LogP contribution is 2.39. The maximum atomic E-state index is 14.1. The Morgan fingerprint density at radius 3 is 1.47 bits per heavy atom. The Bertz CT molecular complexity index is 1220. The molecule has 0 aliphatic rings. The lowest BCUT2D eigenvalue weighted by atomic mass is 9.67. The number of Topliss-reactive ketones (excluding diaryl/α,β-unsaturated/α-hetero) is 2. The minimum absolute atomic E-state index is 0.0366. The Hall–Kier alpha value is -3.53. The molecular formula is C32H36O4. The molecule has 3 aromatic carbocycles. The molecule has 0 fully saturated rings. The predicted octanol–water partition coefficient (Wildman–Crippen LogP) is 7.45. The number of rotatable bonds is 7. The molecule has 4 nitrogen and oxygen atoms in total.